The molecular formula is C17H24N2O3S. The number of carbonyl (C=O) groups is 1. The van der Waals surface area contributed by atoms with Crippen molar-refractivity contribution in [2.45, 2.75) is 32.6 Å². The first kappa shape index (κ1) is 16.3. The summed E-state index contributed by atoms with van der Waals surface area (Å²) >= 11 is 0. The van der Waals surface area contributed by atoms with E-state index in [4.69, 9.17) is 0 Å². The number of hydrogen-bond acceptors (Lipinski definition) is 3. The molecule has 2 heterocycles. The average molecular weight is 336 g/mol. The van der Waals surface area contributed by atoms with Crippen molar-refractivity contribution < 1.29 is 13.2 Å². The quantitative estimate of drug-likeness (QED) is 0.852. The van der Waals surface area contributed by atoms with E-state index in [9.17, 15) is 13.2 Å². The number of piperidine rings is 1. The largest absolute Gasteiger partial charge is 0.338 e. The Labute approximate surface area is 138 Å². The van der Waals surface area contributed by atoms with Crippen LogP contribution in [0, 0.1) is 5.92 Å². The number of carbonyl (C=O) groups excluding carboxylic acids is 1. The molecule has 1 aromatic rings. The second-order valence-electron chi connectivity index (χ2n) is 6.46. The molecule has 1 atom stereocenters. The molecule has 2 saturated heterocycles. The molecule has 126 valence electrons. The van der Waals surface area contributed by atoms with Crippen LogP contribution in [0.25, 0.3) is 0 Å². The van der Waals surface area contributed by atoms with Crippen molar-refractivity contribution in [3.63, 3.8) is 0 Å². The van der Waals surface area contributed by atoms with Crippen LogP contribution < -0.4 is 4.31 Å². The molecule has 2 aliphatic heterocycles. The lowest BCUT2D eigenvalue weighted by atomic mass is 9.95. The van der Waals surface area contributed by atoms with E-state index in [0.29, 0.717) is 30.1 Å². The molecule has 0 N–H and O–H groups in total. The van der Waals surface area contributed by atoms with Crippen LogP contribution in [0.15, 0.2) is 24.3 Å². The molecule has 5 nitrogen and oxygen atoms in total. The van der Waals surface area contributed by atoms with Gasteiger partial charge in [-0.25, -0.2) is 8.42 Å². The van der Waals surface area contributed by atoms with Crippen LogP contribution in [-0.4, -0.2) is 44.6 Å². The number of amides is 1. The average Bonchev–Trinajstić information content (AvgIpc) is 2.93. The summed E-state index contributed by atoms with van der Waals surface area (Å²) in [6.45, 7) is 4.35. The van der Waals surface area contributed by atoms with Crippen LogP contribution in [0.3, 0.4) is 0 Å². The van der Waals surface area contributed by atoms with Crippen molar-refractivity contribution in [2.24, 2.45) is 5.92 Å². The highest BCUT2D eigenvalue weighted by Crippen LogP contribution is 2.25. The second kappa shape index (κ2) is 6.51. The summed E-state index contributed by atoms with van der Waals surface area (Å²) in [4.78, 5) is 14.5. The van der Waals surface area contributed by atoms with Crippen molar-refractivity contribution in [2.75, 3.05) is 29.7 Å². The molecule has 1 aromatic carbocycles. The van der Waals surface area contributed by atoms with Crippen LogP contribution >= 0.6 is 0 Å². The number of nitrogens with zero attached hydrogens (tertiary/aromatic N) is 2. The van der Waals surface area contributed by atoms with Gasteiger partial charge >= 0.3 is 0 Å². The van der Waals surface area contributed by atoms with Gasteiger partial charge in [-0.15, -0.1) is 0 Å². The summed E-state index contributed by atoms with van der Waals surface area (Å²) in [5, 5.41) is 0. The van der Waals surface area contributed by atoms with E-state index >= 15 is 0 Å². The molecule has 0 radical (unpaired) electrons. The molecular weight excluding hydrogens is 312 g/mol. The van der Waals surface area contributed by atoms with Crippen LogP contribution in [0.2, 0.25) is 0 Å². The highest BCUT2D eigenvalue weighted by molar-refractivity contribution is 7.93. The number of sulfonamides is 1. The number of rotatable bonds is 3. The van der Waals surface area contributed by atoms with Crippen molar-refractivity contribution >= 4 is 21.6 Å². The molecule has 0 spiro atoms. The van der Waals surface area contributed by atoms with E-state index in [-0.39, 0.29) is 11.7 Å². The zero-order valence-corrected chi connectivity index (χ0v) is 14.4. The monoisotopic (exact) mass is 336 g/mol. The van der Waals surface area contributed by atoms with Gasteiger partial charge in [0.1, 0.15) is 0 Å². The first-order valence-corrected chi connectivity index (χ1v) is 10.0. The number of hydrogen-bond donors (Lipinski definition) is 0. The third-order valence-electron chi connectivity index (χ3n) is 4.89. The van der Waals surface area contributed by atoms with Gasteiger partial charge in [-0.3, -0.25) is 9.10 Å². The van der Waals surface area contributed by atoms with E-state index in [1.807, 2.05) is 4.90 Å². The van der Waals surface area contributed by atoms with E-state index in [1.165, 1.54) is 10.7 Å². The lowest BCUT2D eigenvalue weighted by Crippen LogP contribution is -2.39. The highest BCUT2D eigenvalue weighted by Gasteiger charge is 2.29. The zero-order valence-electron chi connectivity index (χ0n) is 13.6. The van der Waals surface area contributed by atoms with E-state index < -0.39 is 10.0 Å². The minimum absolute atomic E-state index is 0.0546. The Morgan fingerprint density at radius 3 is 2.52 bits per heavy atom. The smallest absolute Gasteiger partial charge is 0.253 e. The molecule has 3 rings (SSSR count). The lowest BCUT2D eigenvalue weighted by molar-refractivity contribution is 0.0671. The molecule has 2 fully saturated rings. The Morgan fingerprint density at radius 2 is 1.91 bits per heavy atom. The van der Waals surface area contributed by atoms with Gasteiger partial charge in [0.15, 0.2) is 0 Å². The Hall–Kier alpha value is -1.56. The predicted octanol–water partition coefficient (Wildman–Crippen LogP) is 2.49. The fourth-order valence-electron chi connectivity index (χ4n) is 3.47. The molecule has 0 aromatic heterocycles. The highest BCUT2D eigenvalue weighted by atomic mass is 32.2. The summed E-state index contributed by atoms with van der Waals surface area (Å²) in [5.41, 5.74) is 1.30. The summed E-state index contributed by atoms with van der Waals surface area (Å²) in [6.07, 6.45) is 4.03. The maximum Gasteiger partial charge on any atom is 0.253 e. The lowest BCUT2D eigenvalue weighted by Gasteiger charge is -2.32. The Bertz CT molecular complexity index is 670. The second-order valence-corrected chi connectivity index (χ2v) is 8.47. The van der Waals surface area contributed by atoms with Crippen molar-refractivity contribution in [1.82, 2.24) is 4.90 Å². The SMILES string of the molecule is CCC1CCCN(C(=O)c2ccc(N3CCCS3(=O)=O)cc2)C1. The summed E-state index contributed by atoms with van der Waals surface area (Å²) in [5.74, 6) is 0.862. The molecule has 0 bridgehead atoms. The summed E-state index contributed by atoms with van der Waals surface area (Å²) < 4.78 is 25.3. The van der Waals surface area contributed by atoms with E-state index in [1.54, 1.807) is 24.3 Å². The summed E-state index contributed by atoms with van der Waals surface area (Å²) in [7, 11) is -3.17. The normalized spacial score (nSPS) is 24.0. The topological polar surface area (TPSA) is 57.7 Å². The Kier molecular flexibility index (Phi) is 4.62. The van der Waals surface area contributed by atoms with E-state index in [2.05, 4.69) is 6.92 Å². The molecule has 6 heteroatoms. The molecule has 23 heavy (non-hydrogen) atoms. The van der Waals surface area contributed by atoms with Gasteiger partial charge in [0.2, 0.25) is 10.0 Å². The first-order chi connectivity index (χ1) is 11.0. The van der Waals surface area contributed by atoms with Gasteiger partial charge in [0.05, 0.1) is 11.4 Å². The van der Waals surface area contributed by atoms with Gasteiger partial charge in [0, 0.05) is 25.2 Å². The number of likely N-dealkylation sites (tertiary alicyclic amines) is 1. The predicted molar refractivity (Wildman–Crippen MR) is 91.1 cm³/mol. The molecule has 0 saturated carbocycles. The molecule has 1 amide bonds. The van der Waals surface area contributed by atoms with Gasteiger partial charge in [-0.2, -0.15) is 0 Å². The Morgan fingerprint density at radius 1 is 1.17 bits per heavy atom. The minimum atomic E-state index is -3.17. The molecule has 2 aliphatic rings. The van der Waals surface area contributed by atoms with Gasteiger partial charge < -0.3 is 4.90 Å². The summed E-state index contributed by atoms with van der Waals surface area (Å²) in [6, 6.07) is 7.00. The first-order valence-electron chi connectivity index (χ1n) is 8.41. The molecule has 0 aliphatic carbocycles. The Balaban J connectivity index is 1.73. The standard InChI is InChI=1S/C17H24N2O3S/c1-2-14-5-3-10-18(13-14)17(20)15-6-8-16(9-7-15)19-11-4-12-23(19,21)22/h6-9,14H,2-5,10-13H2,1H3. The maximum atomic E-state index is 12.6. The third-order valence-corrected chi connectivity index (χ3v) is 6.75. The zero-order chi connectivity index (χ0) is 16.4. The van der Waals surface area contributed by atoms with Gasteiger partial charge in [-0.05, 0) is 49.4 Å². The molecule has 1 unspecified atom stereocenters. The van der Waals surface area contributed by atoms with Crippen LogP contribution in [-0.2, 0) is 10.0 Å². The fourth-order valence-corrected chi connectivity index (χ4v) is 5.03. The maximum absolute atomic E-state index is 12.6. The van der Waals surface area contributed by atoms with Gasteiger partial charge in [-0.1, -0.05) is 13.3 Å². The number of benzene rings is 1. The van der Waals surface area contributed by atoms with Gasteiger partial charge in [0.25, 0.3) is 5.91 Å². The fraction of sp³-hybridized carbons (Fsp3) is 0.588. The number of anilines is 1. The van der Waals surface area contributed by atoms with Crippen LogP contribution in [0.1, 0.15) is 43.0 Å². The van der Waals surface area contributed by atoms with Crippen molar-refractivity contribution in [3.05, 3.63) is 29.8 Å². The van der Waals surface area contributed by atoms with Crippen LogP contribution in [0.5, 0.6) is 0 Å². The van der Waals surface area contributed by atoms with Crippen molar-refractivity contribution in [3.8, 4) is 0 Å². The van der Waals surface area contributed by atoms with E-state index in [0.717, 1.165) is 25.9 Å². The third kappa shape index (κ3) is 3.37. The minimum Gasteiger partial charge on any atom is -0.338 e. The van der Waals surface area contributed by atoms with Crippen LogP contribution in [0.4, 0.5) is 5.69 Å². The van der Waals surface area contributed by atoms with Crippen molar-refractivity contribution in [1.29, 1.82) is 0 Å².